The van der Waals surface area contributed by atoms with Crippen molar-refractivity contribution in [3.8, 4) is 11.5 Å². The fourth-order valence-corrected chi connectivity index (χ4v) is 2.18. The lowest BCUT2D eigenvalue weighted by molar-refractivity contribution is -0.384. The molecule has 2 aromatic rings. The van der Waals surface area contributed by atoms with Crippen LogP contribution in [0.3, 0.4) is 0 Å². The monoisotopic (exact) mass is 326 g/mol. The first-order chi connectivity index (χ1) is 10.3. The van der Waals surface area contributed by atoms with Crippen molar-refractivity contribution in [3.63, 3.8) is 0 Å². The Kier molecular flexibility index (Phi) is 4.57. The maximum Gasteiger partial charge on any atom is 0.269 e. The Labute approximate surface area is 127 Å². The summed E-state index contributed by atoms with van der Waals surface area (Å²) >= 11 is 0. The molecule has 8 nitrogen and oxygen atoms in total. The van der Waals surface area contributed by atoms with E-state index < -0.39 is 15.0 Å². The highest BCUT2D eigenvalue weighted by atomic mass is 32.2. The van der Waals surface area contributed by atoms with Crippen LogP contribution in [-0.4, -0.2) is 31.2 Å². The van der Waals surface area contributed by atoms with E-state index in [2.05, 4.69) is 9.17 Å². The van der Waals surface area contributed by atoms with Crippen LogP contribution in [0.1, 0.15) is 11.5 Å². The van der Waals surface area contributed by atoms with E-state index in [1.807, 2.05) is 0 Å². The van der Waals surface area contributed by atoms with Gasteiger partial charge in [-0.25, -0.2) is 4.98 Å². The van der Waals surface area contributed by atoms with Crippen LogP contribution in [0.5, 0.6) is 0 Å². The zero-order valence-electron chi connectivity index (χ0n) is 12.0. The molecule has 0 atom stereocenters. The first-order valence-corrected chi connectivity index (χ1v) is 8.13. The van der Waals surface area contributed by atoms with Crippen molar-refractivity contribution in [3.05, 3.63) is 45.8 Å². The number of oxazole rings is 1. The van der Waals surface area contributed by atoms with E-state index >= 15 is 0 Å². The molecule has 1 aromatic heterocycles. The Morgan fingerprint density at radius 2 is 1.95 bits per heavy atom. The standard InChI is InChI=1S/C13H14N2O6S/c1-9-12(7-8-20-22(2,18)19)14-13(21-9)10-3-5-11(6-4-10)15(16)17/h3-6H,7-8H2,1-2H3. The molecule has 0 saturated carbocycles. The van der Waals surface area contributed by atoms with Crippen LogP contribution in [0, 0.1) is 17.0 Å². The van der Waals surface area contributed by atoms with Gasteiger partial charge in [-0.1, -0.05) is 0 Å². The largest absolute Gasteiger partial charge is 0.441 e. The Morgan fingerprint density at radius 3 is 2.50 bits per heavy atom. The van der Waals surface area contributed by atoms with Crippen molar-refractivity contribution < 1.29 is 21.9 Å². The van der Waals surface area contributed by atoms with Gasteiger partial charge in [-0.3, -0.25) is 14.3 Å². The van der Waals surface area contributed by atoms with E-state index in [0.29, 0.717) is 22.9 Å². The fourth-order valence-electron chi connectivity index (χ4n) is 1.80. The predicted molar refractivity (Wildman–Crippen MR) is 77.8 cm³/mol. The maximum atomic E-state index is 10.9. The van der Waals surface area contributed by atoms with Crippen LogP contribution in [0.25, 0.3) is 11.5 Å². The van der Waals surface area contributed by atoms with Gasteiger partial charge in [0.25, 0.3) is 15.8 Å². The van der Waals surface area contributed by atoms with Crippen molar-refractivity contribution in [2.24, 2.45) is 0 Å². The molecule has 2 rings (SSSR count). The molecule has 0 N–H and O–H groups in total. The lowest BCUT2D eigenvalue weighted by Gasteiger charge is -1.98. The van der Waals surface area contributed by atoms with Crippen LogP contribution in [0.2, 0.25) is 0 Å². The molecular formula is C13H14N2O6S. The van der Waals surface area contributed by atoms with Crippen molar-refractivity contribution in [1.29, 1.82) is 0 Å². The van der Waals surface area contributed by atoms with E-state index in [9.17, 15) is 18.5 Å². The average molecular weight is 326 g/mol. The van der Waals surface area contributed by atoms with Gasteiger partial charge in [-0.2, -0.15) is 8.42 Å². The van der Waals surface area contributed by atoms with Gasteiger partial charge in [0.15, 0.2) is 0 Å². The molecule has 0 amide bonds. The summed E-state index contributed by atoms with van der Waals surface area (Å²) < 4.78 is 32.0. The van der Waals surface area contributed by atoms with Gasteiger partial charge in [0.1, 0.15) is 5.76 Å². The number of hydrogen-bond donors (Lipinski definition) is 0. The SMILES string of the molecule is Cc1oc(-c2ccc([N+](=O)[O-])cc2)nc1CCOS(C)(=O)=O. The normalized spacial score (nSPS) is 11.5. The second-order valence-corrected chi connectivity index (χ2v) is 6.25. The Bertz CT molecular complexity index is 779. The molecular weight excluding hydrogens is 312 g/mol. The van der Waals surface area contributed by atoms with E-state index in [1.54, 1.807) is 19.1 Å². The Hall–Kier alpha value is -2.26. The van der Waals surface area contributed by atoms with Gasteiger partial charge >= 0.3 is 0 Å². The zero-order chi connectivity index (χ0) is 16.3. The number of benzene rings is 1. The van der Waals surface area contributed by atoms with Crippen LogP contribution in [-0.2, 0) is 20.7 Å². The van der Waals surface area contributed by atoms with Gasteiger partial charge in [0.2, 0.25) is 5.89 Å². The molecule has 0 fully saturated rings. The van der Waals surface area contributed by atoms with E-state index in [4.69, 9.17) is 4.42 Å². The first-order valence-electron chi connectivity index (χ1n) is 6.32. The van der Waals surface area contributed by atoms with Gasteiger partial charge in [0.05, 0.1) is 23.5 Å². The molecule has 0 saturated heterocycles. The summed E-state index contributed by atoms with van der Waals surface area (Å²) in [4.78, 5) is 14.4. The van der Waals surface area contributed by atoms with Crippen molar-refractivity contribution >= 4 is 15.8 Å². The number of nitro groups is 1. The van der Waals surface area contributed by atoms with Gasteiger partial charge in [-0.05, 0) is 19.1 Å². The average Bonchev–Trinajstić information content (AvgIpc) is 2.79. The molecule has 9 heteroatoms. The van der Waals surface area contributed by atoms with Gasteiger partial charge < -0.3 is 4.42 Å². The number of rotatable bonds is 6. The van der Waals surface area contributed by atoms with Crippen LogP contribution < -0.4 is 0 Å². The number of hydrogen-bond acceptors (Lipinski definition) is 7. The number of nitrogens with zero attached hydrogens (tertiary/aromatic N) is 2. The summed E-state index contributed by atoms with van der Waals surface area (Å²) in [5.74, 6) is 0.868. The summed E-state index contributed by atoms with van der Waals surface area (Å²) in [7, 11) is -3.49. The van der Waals surface area contributed by atoms with Gasteiger partial charge in [0, 0.05) is 24.1 Å². The minimum atomic E-state index is -3.49. The third-order valence-corrected chi connectivity index (χ3v) is 3.45. The minimum absolute atomic E-state index is 0.0196. The van der Waals surface area contributed by atoms with Crippen molar-refractivity contribution in [2.45, 2.75) is 13.3 Å². The second kappa shape index (κ2) is 6.24. The molecule has 0 spiro atoms. The smallest absolute Gasteiger partial charge is 0.269 e. The van der Waals surface area contributed by atoms with Gasteiger partial charge in [-0.15, -0.1) is 0 Å². The van der Waals surface area contributed by atoms with E-state index in [-0.39, 0.29) is 18.7 Å². The van der Waals surface area contributed by atoms with Crippen LogP contribution in [0.4, 0.5) is 5.69 Å². The van der Waals surface area contributed by atoms with Crippen LogP contribution in [0.15, 0.2) is 28.7 Å². The molecule has 118 valence electrons. The van der Waals surface area contributed by atoms with Crippen molar-refractivity contribution in [2.75, 3.05) is 12.9 Å². The maximum absolute atomic E-state index is 10.9. The second-order valence-electron chi connectivity index (χ2n) is 4.60. The molecule has 0 aliphatic rings. The topological polar surface area (TPSA) is 113 Å². The number of aromatic nitrogens is 1. The molecule has 0 aliphatic carbocycles. The summed E-state index contributed by atoms with van der Waals surface area (Å²) in [6.07, 6.45) is 1.26. The molecule has 1 aromatic carbocycles. The molecule has 0 radical (unpaired) electrons. The highest BCUT2D eigenvalue weighted by Gasteiger charge is 2.13. The molecule has 0 unspecified atom stereocenters. The third-order valence-electron chi connectivity index (χ3n) is 2.85. The highest BCUT2D eigenvalue weighted by molar-refractivity contribution is 7.85. The van der Waals surface area contributed by atoms with E-state index in [0.717, 1.165) is 6.26 Å². The highest BCUT2D eigenvalue weighted by Crippen LogP contribution is 2.24. The van der Waals surface area contributed by atoms with Crippen molar-refractivity contribution in [1.82, 2.24) is 4.98 Å². The molecule has 1 heterocycles. The Morgan fingerprint density at radius 1 is 1.32 bits per heavy atom. The van der Waals surface area contributed by atoms with Crippen LogP contribution >= 0.6 is 0 Å². The Balaban J connectivity index is 2.13. The summed E-state index contributed by atoms with van der Waals surface area (Å²) in [5, 5.41) is 10.6. The summed E-state index contributed by atoms with van der Waals surface area (Å²) in [6, 6.07) is 5.81. The number of aryl methyl sites for hydroxylation is 1. The lowest BCUT2D eigenvalue weighted by atomic mass is 10.2. The zero-order valence-corrected chi connectivity index (χ0v) is 12.8. The number of nitro benzene ring substituents is 1. The molecule has 22 heavy (non-hydrogen) atoms. The minimum Gasteiger partial charge on any atom is -0.441 e. The molecule has 0 aliphatic heterocycles. The first kappa shape index (κ1) is 16.1. The quantitative estimate of drug-likeness (QED) is 0.453. The summed E-state index contributed by atoms with van der Waals surface area (Å²) in [6.45, 7) is 1.68. The third kappa shape index (κ3) is 4.12. The molecule has 0 bridgehead atoms. The number of non-ortho nitro benzene ring substituents is 1. The predicted octanol–water partition coefficient (Wildman–Crippen LogP) is 2.08. The summed E-state index contributed by atoms with van der Waals surface area (Å²) in [5.41, 5.74) is 1.16. The lowest BCUT2D eigenvalue weighted by Crippen LogP contribution is -2.06. The fraction of sp³-hybridized carbons (Fsp3) is 0.308. The van der Waals surface area contributed by atoms with E-state index in [1.165, 1.54) is 12.1 Å².